The highest BCUT2D eigenvalue weighted by Crippen LogP contribution is 2.70. The van der Waals surface area contributed by atoms with Crippen LogP contribution in [0.15, 0.2) is 11.6 Å². The van der Waals surface area contributed by atoms with Crippen molar-refractivity contribution < 1.29 is 19.1 Å². The van der Waals surface area contributed by atoms with Crippen molar-refractivity contribution in [1.82, 2.24) is 0 Å². The summed E-state index contributed by atoms with van der Waals surface area (Å²) in [6.07, 6.45) is 4.54. The molecule has 0 aliphatic heterocycles. The topological polar surface area (TPSA) is 54.4 Å². The maximum Gasteiger partial charge on any atom is 0.155 e. The van der Waals surface area contributed by atoms with Gasteiger partial charge in [-0.05, 0) is 55.4 Å². The smallest absolute Gasteiger partial charge is 0.155 e. The van der Waals surface area contributed by atoms with Gasteiger partial charge in [-0.3, -0.25) is 9.59 Å². The van der Waals surface area contributed by atoms with Crippen LogP contribution in [0.1, 0.15) is 72.6 Å². The second kappa shape index (κ2) is 5.98. The number of aliphatic hydroxyl groups excluding tert-OH is 1. The molecule has 0 bridgehead atoms. The summed E-state index contributed by atoms with van der Waals surface area (Å²) in [5, 5.41) is 11.2. The molecule has 27 heavy (non-hydrogen) atoms. The first kappa shape index (κ1) is 19.3. The van der Waals surface area contributed by atoms with Gasteiger partial charge in [-0.15, -0.1) is 0 Å². The average Bonchev–Trinajstić information content (AvgIpc) is 2.86. The molecule has 0 aromatic carbocycles. The van der Waals surface area contributed by atoms with Gasteiger partial charge in [0.05, 0.1) is 6.10 Å². The minimum Gasteiger partial charge on any atom is -0.390 e. The van der Waals surface area contributed by atoms with Crippen molar-refractivity contribution in [2.75, 3.05) is 0 Å². The van der Waals surface area contributed by atoms with Gasteiger partial charge >= 0.3 is 0 Å². The van der Waals surface area contributed by atoms with Crippen LogP contribution < -0.4 is 0 Å². The lowest BCUT2D eigenvalue weighted by molar-refractivity contribution is -0.208. The highest BCUT2D eigenvalue weighted by atomic mass is 19.1. The van der Waals surface area contributed by atoms with Crippen LogP contribution >= 0.6 is 0 Å². The summed E-state index contributed by atoms with van der Waals surface area (Å²) < 4.78 is 16.9. The van der Waals surface area contributed by atoms with Crippen LogP contribution in [0, 0.1) is 34.5 Å². The molecule has 0 amide bonds. The van der Waals surface area contributed by atoms with Crippen molar-refractivity contribution in [3.8, 4) is 0 Å². The second-order valence-corrected chi connectivity index (χ2v) is 10.2. The number of hydrogen-bond donors (Lipinski definition) is 1. The highest BCUT2D eigenvalue weighted by molar-refractivity contribution is 5.91. The van der Waals surface area contributed by atoms with Gasteiger partial charge in [0.1, 0.15) is 11.5 Å². The van der Waals surface area contributed by atoms with Crippen molar-refractivity contribution in [2.45, 2.75) is 84.4 Å². The molecule has 4 aliphatic rings. The summed E-state index contributed by atoms with van der Waals surface area (Å²) in [5.74, 6) is 0.389. The lowest BCUT2D eigenvalue weighted by Gasteiger charge is -2.63. The van der Waals surface area contributed by atoms with E-state index in [0.717, 1.165) is 18.4 Å². The molecule has 3 nitrogen and oxygen atoms in total. The van der Waals surface area contributed by atoms with Gasteiger partial charge in [0.15, 0.2) is 5.78 Å². The molecule has 0 spiro atoms. The van der Waals surface area contributed by atoms with Crippen LogP contribution in [0.2, 0.25) is 0 Å². The number of ketones is 2. The van der Waals surface area contributed by atoms with E-state index in [0.29, 0.717) is 32.1 Å². The van der Waals surface area contributed by atoms with E-state index >= 15 is 4.39 Å². The number of hydrogen-bond acceptors (Lipinski definition) is 3. The molecule has 0 unspecified atom stereocenters. The van der Waals surface area contributed by atoms with E-state index in [9.17, 15) is 14.7 Å². The zero-order chi connectivity index (χ0) is 19.8. The quantitative estimate of drug-likeness (QED) is 0.776. The molecule has 0 saturated heterocycles. The number of alkyl halides is 1. The van der Waals surface area contributed by atoms with E-state index in [4.69, 9.17) is 0 Å². The molecule has 1 N–H and O–H groups in total. The third-order valence-corrected chi connectivity index (χ3v) is 9.08. The predicted octanol–water partition coefficient (Wildman–Crippen LogP) is 4.42. The summed E-state index contributed by atoms with van der Waals surface area (Å²) in [7, 11) is 0. The summed E-state index contributed by atoms with van der Waals surface area (Å²) in [6, 6.07) is 0. The van der Waals surface area contributed by atoms with E-state index in [1.165, 1.54) is 0 Å². The molecule has 150 valence electrons. The Bertz CT molecular complexity index is 714. The van der Waals surface area contributed by atoms with Gasteiger partial charge in [0.25, 0.3) is 0 Å². The van der Waals surface area contributed by atoms with Crippen molar-refractivity contribution in [2.24, 2.45) is 34.5 Å². The SMILES string of the molecule is CCC(=O)[C@H]1[C@H](C)C[C@H]2[C@@H]3CCC4=CC(=O)CC[C@]4(C)[C@@]3(F)[C@@H](O)C[C@@]21C. The van der Waals surface area contributed by atoms with Gasteiger partial charge in [-0.25, -0.2) is 4.39 Å². The normalized spacial score (nSPS) is 51.9. The number of carbonyl (C=O) groups excluding carboxylic acids is 2. The van der Waals surface area contributed by atoms with E-state index in [1.807, 2.05) is 13.8 Å². The molecule has 0 radical (unpaired) electrons. The summed E-state index contributed by atoms with van der Waals surface area (Å²) in [6.45, 7) is 8.09. The number of fused-ring (bicyclic) bond motifs is 5. The largest absolute Gasteiger partial charge is 0.390 e. The van der Waals surface area contributed by atoms with Gasteiger partial charge < -0.3 is 5.11 Å². The molecule has 3 saturated carbocycles. The van der Waals surface area contributed by atoms with Gasteiger partial charge in [0, 0.05) is 30.1 Å². The van der Waals surface area contributed by atoms with Crippen LogP contribution in [-0.4, -0.2) is 28.4 Å². The summed E-state index contributed by atoms with van der Waals surface area (Å²) in [4.78, 5) is 24.7. The maximum absolute atomic E-state index is 16.9. The monoisotopic (exact) mass is 376 g/mol. The second-order valence-electron chi connectivity index (χ2n) is 10.2. The van der Waals surface area contributed by atoms with Crippen LogP contribution in [0.3, 0.4) is 0 Å². The third-order valence-electron chi connectivity index (χ3n) is 9.08. The van der Waals surface area contributed by atoms with Crippen LogP contribution in [-0.2, 0) is 9.59 Å². The number of aliphatic hydroxyl groups is 1. The van der Waals surface area contributed by atoms with Crippen molar-refractivity contribution in [3.63, 3.8) is 0 Å². The van der Waals surface area contributed by atoms with Crippen molar-refractivity contribution >= 4 is 11.6 Å². The lowest BCUT2D eigenvalue weighted by atomic mass is 9.44. The molecular weight excluding hydrogens is 343 g/mol. The number of rotatable bonds is 2. The number of halogens is 1. The number of allylic oxidation sites excluding steroid dienone is 1. The minimum atomic E-state index is -1.70. The highest BCUT2D eigenvalue weighted by Gasteiger charge is 2.71. The summed E-state index contributed by atoms with van der Waals surface area (Å²) >= 11 is 0. The van der Waals surface area contributed by atoms with Crippen LogP contribution in [0.25, 0.3) is 0 Å². The van der Waals surface area contributed by atoms with E-state index in [2.05, 4.69) is 13.8 Å². The Morgan fingerprint density at radius 2 is 2.00 bits per heavy atom. The molecule has 4 heteroatoms. The van der Waals surface area contributed by atoms with E-state index in [1.54, 1.807) is 6.08 Å². The average molecular weight is 377 g/mol. The Morgan fingerprint density at radius 3 is 2.67 bits per heavy atom. The Kier molecular flexibility index (Phi) is 4.28. The third kappa shape index (κ3) is 2.28. The fourth-order valence-electron chi connectivity index (χ4n) is 7.84. The number of carbonyl (C=O) groups is 2. The van der Waals surface area contributed by atoms with E-state index in [-0.39, 0.29) is 40.7 Å². The van der Waals surface area contributed by atoms with Gasteiger partial charge in [-0.1, -0.05) is 33.3 Å². The first-order valence-corrected chi connectivity index (χ1v) is 10.7. The molecule has 3 fully saturated rings. The summed E-state index contributed by atoms with van der Waals surface area (Å²) in [5.41, 5.74) is -1.90. The van der Waals surface area contributed by atoms with Gasteiger partial charge in [-0.2, -0.15) is 0 Å². The molecule has 4 aliphatic carbocycles. The molecule has 4 rings (SSSR count). The molecule has 0 aromatic rings. The molecule has 0 heterocycles. The Hall–Kier alpha value is -1.03. The Labute approximate surface area is 161 Å². The number of Topliss-reactive ketones (excluding diaryl/α,β-unsaturated/α-hetero) is 1. The maximum atomic E-state index is 16.9. The Balaban J connectivity index is 1.79. The standard InChI is InChI=1S/C23H33FO3/c1-5-18(26)20-13(2)10-17-16-7-6-14-11-15(25)8-9-22(14,4)23(16,24)19(27)12-21(17,20)3/h11,13,16-17,19-20,27H,5-10,12H2,1-4H3/t13-,16+,17+,19+,20-,21+,22+,23+/m1/s1. The Morgan fingerprint density at radius 1 is 1.30 bits per heavy atom. The first-order chi connectivity index (χ1) is 12.6. The molecule has 8 atom stereocenters. The van der Waals surface area contributed by atoms with Crippen LogP contribution in [0.5, 0.6) is 0 Å². The molecule has 0 aromatic heterocycles. The fraction of sp³-hybridized carbons (Fsp3) is 0.826. The first-order valence-electron chi connectivity index (χ1n) is 10.7. The lowest BCUT2D eigenvalue weighted by Crippen LogP contribution is -2.67. The van der Waals surface area contributed by atoms with Crippen molar-refractivity contribution in [1.29, 1.82) is 0 Å². The zero-order valence-corrected chi connectivity index (χ0v) is 17.1. The van der Waals surface area contributed by atoms with Gasteiger partial charge in [0.2, 0.25) is 0 Å². The zero-order valence-electron chi connectivity index (χ0n) is 17.1. The predicted molar refractivity (Wildman–Crippen MR) is 102 cm³/mol. The van der Waals surface area contributed by atoms with E-state index < -0.39 is 17.2 Å². The molecular formula is C23H33FO3. The van der Waals surface area contributed by atoms with Crippen LogP contribution in [0.4, 0.5) is 4.39 Å². The fourth-order valence-corrected chi connectivity index (χ4v) is 7.84. The minimum absolute atomic E-state index is 0.0793. The van der Waals surface area contributed by atoms with Crippen molar-refractivity contribution in [3.05, 3.63) is 11.6 Å².